The lowest BCUT2D eigenvalue weighted by atomic mass is 10.0. The van der Waals surface area contributed by atoms with Crippen molar-refractivity contribution in [2.45, 2.75) is 31.7 Å². The molecule has 2 heterocycles. The molecule has 3 amide bonds. The highest BCUT2D eigenvalue weighted by atomic mass is 16.5. The summed E-state index contributed by atoms with van der Waals surface area (Å²) in [5.74, 6) is -1.51. The molecule has 150 valence electrons. The first-order chi connectivity index (χ1) is 13.5. The Bertz CT molecular complexity index is 781. The van der Waals surface area contributed by atoms with Crippen LogP contribution in [0.25, 0.3) is 0 Å². The summed E-state index contributed by atoms with van der Waals surface area (Å²) in [4.78, 5) is 51.1. The first-order valence-corrected chi connectivity index (χ1v) is 9.24. The number of likely N-dealkylation sites (tertiary alicyclic amines) is 1. The Labute approximate surface area is 162 Å². The molecule has 0 bridgehead atoms. The number of piperidine rings is 1. The fraction of sp³-hybridized carbons (Fsp3) is 0.474. The topological polar surface area (TPSA) is 119 Å². The van der Waals surface area contributed by atoms with Crippen LogP contribution >= 0.6 is 0 Å². The second-order valence-electron chi connectivity index (χ2n) is 6.71. The average molecular weight is 389 g/mol. The van der Waals surface area contributed by atoms with E-state index in [1.165, 1.54) is 9.80 Å². The van der Waals surface area contributed by atoms with Crippen molar-refractivity contribution in [3.8, 4) is 5.75 Å². The number of primary amides is 1. The van der Waals surface area contributed by atoms with Gasteiger partial charge in [-0.05, 0) is 31.4 Å². The zero-order chi connectivity index (χ0) is 20.1. The zero-order valence-electron chi connectivity index (χ0n) is 15.5. The number of anilines is 1. The molecular formula is C19H23N3O6. The van der Waals surface area contributed by atoms with Gasteiger partial charge in [-0.2, -0.15) is 0 Å². The number of hydrogen-bond donors (Lipinski definition) is 1. The summed E-state index contributed by atoms with van der Waals surface area (Å²) in [7, 11) is 0. The maximum atomic E-state index is 12.4. The molecule has 2 N–H and O–H groups in total. The van der Waals surface area contributed by atoms with Crippen LogP contribution in [0, 0.1) is 0 Å². The predicted octanol–water partition coefficient (Wildman–Crippen LogP) is 0.212. The minimum Gasteiger partial charge on any atom is -0.491 e. The Hall–Kier alpha value is -3.10. The third-order valence-electron chi connectivity index (χ3n) is 4.83. The molecule has 2 aliphatic heterocycles. The van der Waals surface area contributed by atoms with E-state index < -0.39 is 30.4 Å². The fourth-order valence-electron chi connectivity index (χ4n) is 3.42. The van der Waals surface area contributed by atoms with Crippen LogP contribution in [0.15, 0.2) is 24.3 Å². The summed E-state index contributed by atoms with van der Waals surface area (Å²) in [6, 6.07) is 6.25. The largest absolute Gasteiger partial charge is 0.491 e. The third-order valence-corrected chi connectivity index (χ3v) is 4.83. The number of nitrogens with zero attached hydrogens (tertiary/aromatic N) is 2. The quantitative estimate of drug-likeness (QED) is 0.719. The smallest absolute Gasteiger partial charge is 0.326 e. The second-order valence-corrected chi connectivity index (χ2v) is 6.71. The molecule has 2 aliphatic rings. The molecule has 0 radical (unpaired) electrons. The van der Waals surface area contributed by atoms with E-state index >= 15 is 0 Å². The van der Waals surface area contributed by atoms with Crippen molar-refractivity contribution in [1.29, 1.82) is 0 Å². The molecular weight excluding hydrogens is 366 g/mol. The molecule has 0 saturated carbocycles. The molecule has 0 unspecified atom stereocenters. The van der Waals surface area contributed by atoms with Gasteiger partial charge >= 0.3 is 5.97 Å². The van der Waals surface area contributed by atoms with Gasteiger partial charge in [-0.15, -0.1) is 0 Å². The summed E-state index contributed by atoms with van der Waals surface area (Å²) < 4.78 is 10.6. The Morgan fingerprint density at radius 1 is 1.21 bits per heavy atom. The fourth-order valence-corrected chi connectivity index (χ4v) is 3.42. The average Bonchev–Trinajstić information content (AvgIpc) is 2.85. The molecule has 1 aromatic rings. The molecule has 9 heteroatoms. The van der Waals surface area contributed by atoms with E-state index in [-0.39, 0.29) is 25.5 Å². The van der Waals surface area contributed by atoms with E-state index in [1.807, 2.05) is 0 Å². The second kappa shape index (κ2) is 8.73. The van der Waals surface area contributed by atoms with Crippen molar-refractivity contribution in [3.05, 3.63) is 24.3 Å². The van der Waals surface area contributed by atoms with E-state index in [1.54, 1.807) is 24.3 Å². The molecule has 1 fully saturated rings. The van der Waals surface area contributed by atoms with Gasteiger partial charge in [-0.25, -0.2) is 0 Å². The maximum absolute atomic E-state index is 12.4. The van der Waals surface area contributed by atoms with Gasteiger partial charge in [0.15, 0.2) is 6.61 Å². The van der Waals surface area contributed by atoms with Gasteiger partial charge in [0, 0.05) is 6.54 Å². The summed E-state index contributed by atoms with van der Waals surface area (Å²) >= 11 is 0. The molecule has 1 saturated heterocycles. The lowest BCUT2D eigenvalue weighted by Gasteiger charge is -2.33. The van der Waals surface area contributed by atoms with Gasteiger partial charge in [-0.1, -0.05) is 12.1 Å². The summed E-state index contributed by atoms with van der Waals surface area (Å²) in [6.07, 6.45) is 2.22. The van der Waals surface area contributed by atoms with E-state index in [2.05, 4.69) is 0 Å². The minimum absolute atomic E-state index is 0.134. The van der Waals surface area contributed by atoms with Gasteiger partial charge in [-0.3, -0.25) is 24.1 Å². The highest BCUT2D eigenvalue weighted by molar-refractivity contribution is 5.99. The van der Waals surface area contributed by atoms with Crippen molar-refractivity contribution in [1.82, 2.24) is 4.90 Å². The minimum atomic E-state index is -0.717. The molecule has 0 aliphatic carbocycles. The van der Waals surface area contributed by atoms with Crippen molar-refractivity contribution >= 4 is 29.4 Å². The highest BCUT2D eigenvalue weighted by Crippen LogP contribution is 2.30. The molecule has 1 atom stereocenters. The molecule has 28 heavy (non-hydrogen) atoms. The number of benzene rings is 1. The Morgan fingerprint density at radius 3 is 2.79 bits per heavy atom. The zero-order valence-corrected chi connectivity index (χ0v) is 15.5. The number of esters is 1. The molecule has 0 aromatic heterocycles. The van der Waals surface area contributed by atoms with Gasteiger partial charge in [0.1, 0.15) is 18.3 Å². The molecule has 9 nitrogen and oxygen atoms in total. The molecule has 3 rings (SSSR count). The van der Waals surface area contributed by atoms with Crippen LogP contribution in [0.3, 0.4) is 0 Å². The molecule has 1 aromatic carbocycles. The number of ether oxygens (including phenoxy) is 2. The monoisotopic (exact) mass is 389 g/mol. The van der Waals surface area contributed by atoms with Crippen LogP contribution in [-0.4, -0.2) is 60.9 Å². The maximum Gasteiger partial charge on any atom is 0.326 e. The van der Waals surface area contributed by atoms with Crippen molar-refractivity contribution in [2.75, 3.05) is 31.2 Å². The van der Waals surface area contributed by atoms with Crippen molar-refractivity contribution in [2.24, 2.45) is 5.73 Å². The predicted molar refractivity (Wildman–Crippen MR) is 98.4 cm³/mol. The summed E-state index contributed by atoms with van der Waals surface area (Å²) in [5.41, 5.74) is 5.84. The first kappa shape index (κ1) is 19.7. The van der Waals surface area contributed by atoms with E-state index in [9.17, 15) is 19.2 Å². The van der Waals surface area contributed by atoms with Gasteiger partial charge in [0.25, 0.3) is 5.91 Å². The van der Waals surface area contributed by atoms with Crippen LogP contribution in [-0.2, 0) is 23.9 Å². The van der Waals surface area contributed by atoms with Gasteiger partial charge in [0.05, 0.1) is 18.7 Å². The number of para-hydroxylation sites is 2. The number of rotatable bonds is 5. The summed E-state index contributed by atoms with van der Waals surface area (Å²) in [5, 5.41) is 0. The van der Waals surface area contributed by atoms with Crippen LogP contribution in [0.1, 0.15) is 25.7 Å². The Morgan fingerprint density at radius 2 is 2.00 bits per heavy atom. The number of nitrogens with two attached hydrogens (primary N) is 1. The van der Waals surface area contributed by atoms with Crippen LogP contribution in [0.2, 0.25) is 0 Å². The number of carbonyl (C=O) groups is 4. The third kappa shape index (κ3) is 4.41. The lowest BCUT2D eigenvalue weighted by molar-refractivity contribution is -0.154. The molecule has 0 spiro atoms. The number of carbonyl (C=O) groups excluding carboxylic acids is 4. The SMILES string of the molecule is NC(=O)[C@@H]1CCCCN1C(=O)COC(=O)CN1C(=O)CCOc2ccccc21. The number of fused-ring (bicyclic) bond motifs is 1. The Kier molecular flexibility index (Phi) is 6.13. The van der Waals surface area contributed by atoms with Crippen LogP contribution < -0.4 is 15.4 Å². The Balaban J connectivity index is 1.60. The van der Waals surface area contributed by atoms with Crippen molar-refractivity contribution in [3.63, 3.8) is 0 Å². The number of amides is 3. The van der Waals surface area contributed by atoms with Gasteiger partial charge < -0.3 is 20.1 Å². The lowest BCUT2D eigenvalue weighted by Crippen LogP contribution is -2.51. The highest BCUT2D eigenvalue weighted by Gasteiger charge is 2.31. The first-order valence-electron chi connectivity index (χ1n) is 9.24. The summed E-state index contributed by atoms with van der Waals surface area (Å²) in [6.45, 7) is -0.197. The standard InChI is InChI=1S/C19H23N3O6/c20-19(26)14-6-3-4-9-21(14)17(24)12-28-18(25)11-22-13-5-1-2-7-15(13)27-10-8-16(22)23/h1-2,5,7,14H,3-4,6,8-12H2,(H2,20,26)/t14-/m0/s1. The van der Waals surface area contributed by atoms with E-state index in [4.69, 9.17) is 15.2 Å². The van der Waals surface area contributed by atoms with Crippen LogP contribution in [0.4, 0.5) is 5.69 Å². The van der Waals surface area contributed by atoms with E-state index in [0.29, 0.717) is 24.4 Å². The van der Waals surface area contributed by atoms with Crippen molar-refractivity contribution < 1.29 is 28.7 Å². The number of hydrogen-bond acceptors (Lipinski definition) is 6. The normalized spacial score (nSPS) is 19.3. The van der Waals surface area contributed by atoms with Gasteiger partial charge in [0.2, 0.25) is 11.8 Å². The van der Waals surface area contributed by atoms with E-state index in [0.717, 1.165) is 12.8 Å². The van der Waals surface area contributed by atoms with Crippen LogP contribution in [0.5, 0.6) is 5.75 Å².